The molecule has 0 radical (unpaired) electrons. The summed E-state index contributed by atoms with van der Waals surface area (Å²) >= 11 is 5.82. The summed E-state index contributed by atoms with van der Waals surface area (Å²) in [7, 11) is 4.01. The lowest BCUT2D eigenvalue weighted by Gasteiger charge is -2.20. The lowest BCUT2D eigenvalue weighted by molar-refractivity contribution is -0.766. The maximum Gasteiger partial charge on any atom is 0.241 e. The van der Waals surface area contributed by atoms with E-state index in [4.69, 9.17) is 16.1 Å². The minimum absolute atomic E-state index is 0.108. The van der Waals surface area contributed by atoms with Gasteiger partial charge in [-0.25, -0.2) is 0 Å². The first kappa shape index (κ1) is 18.9. The molecule has 0 saturated carbocycles. The monoisotopic (exact) mass is 385 g/mol. The number of aromatic nitrogens is 2. The maximum atomic E-state index is 12.0. The molecule has 7 nitrogen and oxygen atoms in total. The Morgan fingerprint density at radius 2 is 1.93 bits per heavy atom. The fourth-order valence-corrected chi connectivity index (χ4v) is 2.73. The van der Waals surface area contributed by atoms with E-state index >= 15 is 0 Å². The summed E-state index contributed by atoms with van der Waals surface area (Å²) in [4.78, 5) is 14.1. The van der Waals surface area contributed by atoms with Gasteiger partial charge in [-0.1, -0.05) is 58.7 Å². The highest BCUT2D eigenvalue weighted by Crippen LogP contribution is 2.21. The fourth-order valence-electron chi connectivity index (χ4n) is 2.61. The molecule has 1 N–H and O–H groups in total. The van der Waals surface area contributed by atoms with Gasteiger partial charge < -0.3 is 15.2 Å². The average Bonchev–Trinajstić information content (AvgIpc) is 3.09. The Hall–Kier alpha value is -2.90. The van der Waals surface area contributed by atoms with E-state index in [-0.39, 0.29) is 11.9 Å². The van der Waals surface area contributed by atoms with Gasteiger partial charge in [0.1, 0.15) is 0 Å². The molecule has 1 aromatic heterocycles. The van der Waals surface area contributed by atoms with Crippen LogP contribution < -0.4 is 10.00 Å². The van der Waals surface area contributed by atoms with Gasteiger partial charge in [-0.3, -0.25) is 9.69 Å². The summed E-state index contributed by atoms with van der Waals surface area (Å²) in [6, 6.07) is 16.4. The van der Waals surface area contributed by atoms with Crippen molar-refractivity contribution >= 4 is 29.2 Å². The molecule has 1 unspecified atom stereocenters. The normalized spacial score (nSPS) is 12.0. The summed E-state index contributed by atoms with van der Waals surface area (Å²) in [5, 5.41) is 11.1. The van der Waals surface area contributed by atoms with Gasteiger partial charge in [-0.05, 0) is 37.5 Å². The highest BCUT2D eigenvalue weighted by Gasteiger charge is 2.22. The third-order valence-electron chi connectivity index (χ3n) is 3.97. The number of carbonyl (C=O) groups is 1. The van der Waals surface area contributed by atoms with Crippen LogP contribution in [0.1, 0.15) is 11.6 Å². The number of likely N-dealkylation sites (N-methyl/N-ethyl adjacent to an activating group) is 1. The third kappa shape index (κ3) is 5.29. The Morgan fingerprint density at radius 1 is 1.22 bits per heavy atom. The molecule has 1 heterocycles. The number of benzene rings is 2. The SMILES string of the molecule is CN(C)C(C[n+]1cc([N-]C(=O)Nc2ccc(Cl)cc2)on1)c1ccccc1. The summed E-state index contributed by atoms with van der Waals surface area (Å²) in [5.74, 6) is 0.132. The van der Waals surface area contributed by atoms with Crippen LogP contribution in [-0.4, -0.2) is 30.3 Å². The molecule has 0 saturated heterocycles. The van der Waals surface area contributed by atoms with Crippen LogP contribution in [0, 0.1) is 0 Å². The van der Waals surface area contributed by atoms with Crippen LogP contribution in [0.4, 0.5) is 16.4 Å². The van der Waals surface area contributed by atoms with E-state index in [1.54, 1.807) is 35.1 Å². The van der Waals surface area contributed by atoms with E-state index in [1.807, 2.05) is 32.3 Å². The smallest absolute Gasteiger partial charge is 0.241 e. The number of hydrogen-bond acceptors (Lipinski definition) is 4. The number of halogens is 1. The van der Waals surface area contributed by atoms with Crippen LogP contribution in [0.25, 0.3) is 5.32 Å². The lowest BCUT2D eigenvalue weighted by Crippen LogP contribution is -2.41. The standard InChI is InChI=1S/C19H20ClN5O2/c1-24(2)17(14-6-4-3-5-7-14)12-25-13-18(27-23-25)22-19(26)21-16-10-8-15(20)9-11-16/h3-11,13,17H,12H2,1-2H3,(H-,21,22,23,26). The molecule has 140 valence electrons. The molecule has 0 spiro atoms. The van der Waals surface area contributed by atoms with Gasteiger partial charge in [0, 0.05) is 5.02 Å². The second-order valence-corrected chi connectivity index (χ2v) is 6.64. The summed E-state index contributed by atoms with van der Waals surface area (Å²) in [5.41, 5.74) is 1.76. The molecule has 0 aliphatic carbocycles. The quantitative estimate of drug-likeness (QED) is 0.646. The van der Waals surface area contributed by atoms with Crippen molar-refractivity contribution in [2.24, 2.45) is 0 Å². The molecular formula is C19H20ClN5O2. The molecule has 3 rings (SSSR count). The van der Waals surface area contributed by atoms with E-state index in [2.05, 4.69) is 32.9 Å². The Bertz CT molecular complexity index is 881. The Morgan fingerprint density at radius 3 is 2.59 bits per heavy atom. The van der Waals surface area contributed by atoms with Gasteiger partial charge in [0.05, 0.1) is 6.04 Å². The number of amides is 2. The second kappa shape index (κ2) is 8.66. The molecule has 1 atom stereocenters. The van der Waals surface area contributed by atoms with Crippen molar-refractivity contribution in [3.05, 3.63) is 76.7 Å². The van der Waals surface area contributed by atoms with E-state index in [0.29, 0.717) is 17.3 Å². The molecule has 2 amide bonds. The number of nitrogens with zero attached hydrogens (tertiary/aromatic N) is 4. The average molecular weight is 386 g/mol. The second-order valence-electron chi connectivity index (χ2n) is 6.20. The van der Waals surface area contributed by atoms with Crippen molar-refractivity contribution in [3.8, 4) is 0 Å². The van der Waals surface area contributed by atoms with Gasteiger partial charge in [-0.2, -0.15) is 0 Å². The largest absolute Gasteiger partial charge is 0.424 e. The topological polar surface area (TPSA) is 76.4 Å². The van der Waals surface area contributed by atoms with Crippen molar-refractivity contribution in [2.45, 2.75) is 12.6 Å². The number of nitrogens with one attached hydrogen (secondary N) is 1. The third-order valence-corrected chi connectivity index (χ3v) is 4.23. The van der Waals surface area contributed by atoms with Gasteiger partial charge in [0.2, 0.25) is 12.1 Å². The molecule has 2 aromatic carbocycles. The minimum Gasteiger partial charge on any atom is -0.424 e. The van der Waals surface area contributed by atoms with Gasteiger partial charge in [0.25, 0.3) is 0 Å². The first-order valence-electron chi connectivity index (χ1n) is 8.37. The van der Waals surface area contributed by atoms with Gasteiger partial charge in [0.15, 0.2) is 17.8 Å². The van der Waals surface area contributed by atoms with Crippen LogP contribution in [0.2, 0.25) is 5.02 Å². The molecular weight excluding hydrogens is 366 g/mol. The van der Waals surface area contributed by atoms with Crippen LogP contribution in [0.3, 0.4) is 0 Å². The Labute approximate surface area is 162 Å². The van der Waals surface area contributed by atoms with Crippen LogP contribution >= 0.6 is 11.6 Å². The number of urea groups is 1. The predicted octanol–water partition coefficient (Wildman–Crippen LogP) is 4.16. The molecule has 27 heavy (non-hydrogen) atoms. The van der Waals surface area contributed by atoms with Crippen molar-refractivity contribution < 1.29 is 14.0 Å². The van der Waals surface area contributed by atoms with Crippen molar-refractivity contribution in [1.29, 1.82) is 0 Å². The number of anilines is 1. The molecule has 0 bridgehead atoms. The highest BCUT2D eigenvalue weighted by molar-refractivity contribution is 6.30. The molecule has 8 heteroatoms. The summed E-state index contributed by atoms with van der Waals surface area (Å²) < 4.78 is 6.79. The van der Waals surface area contributed by atoms with Crippen LogP contribution in [0.5, 0.6) is 0 Å². The Kier molecular flexibility index (Phi) is 6.05. The molecule has 0 aliphatic rings. The van der Waals surface area contributed by atoms with Crippen molar-refractivity contribution in [3.63, 3.8) is 0 Å². The molecule has 0 aliphatic heterocycles. The lowest BCUT2D eigenvalue weighted by atomic mass is 10.1. The van der Waals surface area contributed by atoms with Crippen molar-refractivity contribution in [1.82, 2.24) is 10.2 Å². The number of rotatable bonds is 6. The van der Waals surface area contributed by atoms with E-state index in [0.717, 1.165) is 5.56 Å². The predicted molar refractivity (Wildman–Crippen MR) is 103 cm³/mol. The van der Waals surface area contributed by atoms with E-state index in [9.17, 15) is 4.79 Å². The zero-order chi connectivity index (χ0) is 19.2. The van der Waals surface area contributed by atoms with Gasteiger partial charge >= 0.3 is 0 Å². The van der Waals surface area contributed by atoms with Crippen LogP contribution in [0.15, 0.2) is 65.3 Å². The fraction of sp³-hybridized carbons (Fsp3) is 0.211. The maximum absolute atomic E-state index is 12.0. The molecule has 0 fully saturated rings. The Balaban J connectivity index is 1.62. The minimum atomic E-state index is -0.548. The zero-order valence-electron chi connectivity index (χ0n) is 15.0. The van der Waals surface area contributed by atoms with Gasteiger partial charge in [-0.15, -0.1) is 0 Å². The summed E-state index contributed by atoms with van der Waals surface area (Å²) in [6.45, 7) is 0.564. The number of hydrogen-bond donors (Lipinski definition) is 1. The van der Waals surface area contributed by atoms with Crippen LogP contribution in [-0.2, 0) is 6.54 Å². The molecule has 3 aromatic rings. The van der Waals surface area contributed by atoms with E-state index < -0.39 is 6.03 Å². The van der Waals surface area contributed by atoms with E-state index in [1.165, 1.54) is 0 Å². The zero-order valence-corrected chi connectivity index (χ0v) is 15.8. The summed E-state index contributed by atoms with van der Waals surface area (Å²) in [6.07, 6.45) is 1.60. The highest BCUT2D eigenvalue weighted by atomic mass is 35.5. The first-order chi connectivity index (χ1) is 13.0. The number of carbonyl (C=O) groups excluding carboxylic acids is 1. The van der Waals surface area contributed by atoms with Crippen molar-refractivity contribution in [2.75, 3.05) is 19.4 Å². The first-order valence-corrected chi connectivity index (χ1v) is 8.75.